The fraction of sp³-hybridized carbons (Fsp3) is 0.108. The molecule has 0 bridgehead atoms. The molecule has 0 atom stereocenters. The van der Waals surface area contributed by atoms with Crippen molar-refractivity contribution in [3.63, 3.8) is 0 Å². The number of nitrogens with one attached hydrogen (secondary N) is 1. The summed E-state index contributed by atoms with van der Waals surface area (Å²) in [5.74, 6) is -0.255. The van der Waals surface area contributed by atoms with Crippen molar-refractivity contribution in [2.75, 3.05) is 19.0 Å². The number of imide groups is 1. The van der Waals surface area contributed by atoms with Crippen LogP contribution in [-0.2, 0) is 13.0 Å². The highest BCUT2D eigenvalue weighted by Gasteiger charge is 2.39. The van der Waals surface area contributed by atoms with E-state index in [2.05, 4.69) is 10.3 Å². The number of aromatic nitrogens is 3. The van der Waals surface area contributed by atoms with Gasteiger partial charge in [-0.05, 0) is 53.9 Å². The van der Waals surface area contributed by atoms with Crippen LogP contribution in [0, 0.1) is 0 Å². The third-order valence-corrected chi connectivity index (χ3v) is 8.08. The summed E-state index contributed by atoms with van der Waals surface area (Å²) < 4.78 is 7.05. The Balaban J connectivity index is 1.30. The van der Waals surface area contributed by atoms with Gasteiger partial charge in [0.25, 0.3) is 17.7 Å². The molecule has 0 radical (unpaired) electrons. The standard InChI is InChI=1S/C37H29N5O4/c1-46-29-17-15-25(16-18-29)23-42-34-32(31-30(22-38-34)36(44)41(37(31)45)20-19-24-9-4-2-5-10-24)33(40-42)27-13-8-14-28(21-27)39-35(43)26-11-6-3-7-12-26/h2-18,21-22H,19-20,23H2,1H3,(H,39,43). The first-order valence-corrected chi connectivity index (χ1v) is 14.9. The van der Waals surface area contributed by atoms with Crippen LogP contribution in [0.4, 0.5) is 5.69 Å². The van der Waals surface area contributed by atoms with Crippen LogP contribution < -0.4 is 10.1 Å². The highest BCUT2D eigenvalue weighted by atomic mass is 16.5. The molecule has 0 unspecified atom stereocenters. The number of benzene rings is 4. The number of rotatable bonds is 9. The Morgan fingerprint density at radius 3 is 2.30 bits per heavy atom. The van der Waals surface area contributed by atoms with E-state index in [1.54, 1.807) is 30.0 Å². The maximum absolute atomic E-state index is 14.0. The molecule has 2 aromatic heterocycles. The number of carbonyl (C=O) groups is 3. The van der Waals surface area contributed by atoms with E-state index in [4.69, 9.17) is 9.84 Å². The molecule has 4 aromatic carbocycles. The number of carbonyl (C=O) groups excluding carboxylic acids is 3. The van der Waals surface area contributed by atoms with Crippen LogP contribution >= 0.6 is 0 Å². The van der Waals surface area contributed by atoms with E-state index in [9.17, 15) is 14.4 Å². The van der Waals surface area contributed by atoms with Crippen molar-refractivity contribution in [3.8, 4) is 17.0 Å². The molecule has 9 heteroatoms. The van der Waals surface area contributed by atoms with Gasteiger partial charge in [-0.3, -0.25) is 19.3 Å². The van der Waals surface area contributed by atoms with Crippen molar-refractivity contribution in [1.29, 1.82) is 0 Å². The maximum atomic E-state index is 14.0. The second kappa shape index (κ2) is 12.1. The molecule has 0 saturated heterocycles. The van der Waals surface area contributed by atoms with E-state index in [0.717, 1.165) is 16.9 Å². The minimum absolute atomic E-state index is 0.244. The number of methoxy groups -OCH3 is 1. The third-order valence-electron chi connectivity index (χ3n) is 8.08. The average molecular weight is 608 g/mol. The van der Waals surface area contributed by atoms with Gasteiger partial charge >= 0.3 is 0 Å². The normalized spacial score (nSPS) is 12.4. The Labute approximate surface area is 265 Å². The van der Waals surface area contributed by atoms with Gasteiger partial charge in [-0.15, -0.1) is 0 Å². The highest BCUT2D eigenvalue weighted by molar-refractivity contribution is 6.27. The number of fused-ring (bicyclic) bond motifs is 3. The van der Waals surface area contributed by atoms with Gasteiger partial charge in [-0.1, -0.05) is 72.8 Å². The molecule has 3 heterocycles. The zero-order chi connectivity index (χ0) is 31.6. The van der Waals surface area contributed by atoms with Gasteiger partial charge in [-0.25, -0.2) is 9.67 Å². The summed E-state index contributed by atoms with van der Waals surface area (Å²) in [6.45, 7) is 0.616. The van der Waals surface area contributed by atoms with Gasteiger partial charge in [0.15, 0.2) is 5.65 Å². The van der Waals surface area contributed by atoms with Crippen molar-refractivity contribution in [2.24, 2.45) is 0 Å². The molecule has 226 valence electrons. The van der Waals surface area contributed by atoms with E-state index in [-0.39, 0.29) is 35.4 Å². The van der Waals surface area contributed by atoms with E-state index in [1.165, 1.54) is 11.1 Å². The molecule has 9 nitrogen and oxygen atoms in total. The number of hydrogen-bond acceptors (Lipinski definition) is 6. The monoisotopic (exact) mass is 607 g/mol. The summed E-state index contributed by atoms with van der Waals surface area (Å²) in [5, 5.41) is 8.41. The maximum Gasteiger partial charge on any atom is 0.263 e. The largest absolute Gasteiger partial charge is 0.497 e. The van der Waals surface area contributed by atoms with Crippen LogP contribution in [0.15, 0.2) is 115 Å². The molecule has 0 spiro atoms. The molecule has 6 aromatic rings. The second-order valence-electron chi connectivity index (χ2n) is 11.0. The van der Waals surface area contributed by atoms with Crippen molar-refractivity contribution >= 4 is 34.4 Å². The minimum Gasteiger partial charge on any atom is -0.497 e. The Morgan fingerprint density at radius 1 is 0.826 bits per heavy atom. The molecular weight excluding hydrogens is 578 g/mol. The van der Waals surface area contributed by atoms with E-state index in [1.807, 2.05) is 91.0 Å². The molecule has 1 aliphatic rings. The Morgan fingerprint density at radius 2 is 1.57 bits per heavy atom. The Hall–Kier alpha value is -6.09. The quantitative estimate of drug-likeness (QED) is 0.195. The molecule has 1 N–H and O–H groups in total. The molecule has 3 amide bonds. The van der Waals surface area contributed by atoms with Gasteiger partial charge in [0.05, 0.1) is 30.2 Å². The van der Waals surface area contributed by atoms with Gasteiger partial charge in [0.2, 0.25) is 0 Å². The second-order valence-corrected chi connectivity index (χ2v) is 11.0. The molecule has 7 rings (SSSR count). The van der Waals surface area contributed by atoms with Crippen LogP contribution in [0.2, 0.25) is 0 Å². The lowest BCUT2D eigenvalue weighted by molar-refractivity contribution is 0.0656. The first-order valence-electron chi connectivity index (χ1n) is 14.9. The summed E-state index contributed by atoms with van der Waals surface area (Å²) in [6, 6.07) is 33.6. The van der Waals surface area contributed by atoms with E-state index >= 15 is 0 Å². The lowest BCUT2D eigenvalue weighted by Crippen LogP contribution is -2.31. The van der Waals surface area contributed by atoms with Crippen LogP contribution in [0.1, 0.15) is 42.2 Å². The number of hydrogen-bond donors (Lipinski definition) is 1. The number of ether oxygens (including phenoxy) is 1. The highest BCUT2D eigenvalue weighted by Crippen LogP contribution is 2.37. The fourth-order valence-electron chi connectivity index (χ4n) is 5.74. The van der Waals surface area contributed by atoms with Gasteiger partial charge in [0.1, 0.15) is 11.4 Å². The molecular formula is C37H29N5O4. The molecule has 0 saturated carbocycles. The SMILES string of the molecule is COc1ccc(Cn2nc(-c3cccc(NC(=O)c4ccccc4)c3)c3c4c(cnc32)C(=O)N(CCc2ccccc2)C4=O)cc1. The zero-order valence-corrected chi connectivity index (χ0v) is 25.0. The molecule has 1 aliphatic heterocycles. The first kappa shape index (κ1) is 28.7. The number of amides is 3. The predicted molar refractivity (Wildman–Crippen MR) is 175 cm³/mol. The van der Waals surface area contributed by atoms with Gasteiger partial charge < -0.3 is 10.1 Å². The Kier molecular flexibility index (Phi) is 7.56. The van der Waals surface area contributed by atoms with E-state index in [0.29, 0.717) is 46.5 Å². The third kappa shape index (κ3) is 5.39. The van der Waals surface area contributed by atoms with Crippen LogP contribution in [-0.4, -0.2) is 51.0 Å². The number of nitrogens with zero attached hydrogens (tertiary/aromatic N) is 4. The van der Waals surface area contributed by atoms with Crippen LogP contribution in [0.3, 0.4) is 0 Å². The average Bonchev–Trinajstić information content (AvgIpc) is 3.58. The van der Waals surface area contributed by atoms with Crippen LogP contribution in [0.5, 0.6) is 5.75 Å². The van der Waals surface area contributed by atoms with Crippen molar-refractivity contribution in [2.45, 2.75) is 13.0 Å². The summed E-state index contributed by atoms with van der Waals surface area (Å²) >= 11 is 0. The molecule has 0 aliphatic carbocycles. The lowest BCUT2D eigenvalue weighted by atomic mass is 10.0. The van der Waals surface area contributed by atoms with Crippen molar-refractivity contribution < 1.29 is 19.1 Å². The topological polar surface area (TPSA) is 106 Å². The number of pyridine rings is 1. The Bertz CT molecular complexity index is 2090. The smallest absolute Gasteiger partial charge is 0.263 e. The first-order chi connectivity index (χ1) is 22.5. The summed E-state index contributed by atoms with van der Waals surface area (Å²) in [6.07, 6.45) is 2.02. The summed E-state index contributed by atoms with van der Waals surface area (Å²) in [5.41, 5.74) is 5.27. The van der Waals surface area contributed by atoms with Crippen molar-refractivity contribution in [3.05, 3.63) is 143 Å². The molecule has 46 heavy (non-hydrogen) atoms. The van der Waals surface area contributed by atoms with Crippen molar-refractivity contribution in [1.82, 2.24) is 19.7 Å². The predicted octanol–water partition coefficient (Wildman–Crippen LogP) is 6.25. The van der Waals surface area contributed by atoms with Gasteiger partial charge in [-0.2, -0.15) is 5.10 Å². The van der Waals surface area contributed by atoms with Crippen LogP contribution in [0.25, 0.3) is 22.3 Å². The summed E-state index contributed by atoms with van der Waals surface area (Å²) in [4.78, 5) is 46.5. The van der Waals surface area contributed by atoms with E-state index < -0.39 is 0 Å². The minimum atomic E-state index is -0.373. The van der Waals surface area contributed by atoms with Gasteiger partial charge in [0, 0.05) is 29.6 Å². The zero-order valence-electron chi connectivity index (χ0n) is 25.0. The number of anilines is 1. The summed E-state index contributed by atoms with van der Waals surface area (Å²) in [7, 11) is 1.62. The fourth-order valence-corrected chi connectivity index (χ4v) is 5.74. The molecule has 0 fully saturated rings. The lowest BCUT2D eigenvalue weighted by Gasteiger charge is -2.13.